The van der Waals surface area contributed by atoms with E-state index in [2.05, 4.69) is 22.1 Å². The van der Waals surface area contributed by atoms with Crippen molar-refractivity contribution < 1.29 is 9.53 Å². The number of piperidine rings is 3. The average Bonchev–Trinajstić information content (AvgIpc) is 3.15. The number of benzene rings is 1. The number of hydrogen-bond donors (Lipinski definition) is 1. The second-order valence-electron chi connectivity index (χ2n) is 6.84. The van der Waals surface area contributed by atoms with Crippen molar-refractivity contribution >= 4 is 17.2 Å². The molecule has 0 spiro atoms. The highest BCUT2D eigenvalue weighted by atomic mass is 32.1. The van der Waals surface area contributed by atoms with E-state index in [-0.39, 0.29) is 11.9 Å². The van der Waals surface area contributed by atoms with Crippen LogP contribution in [0.25, 0.3) is 10.4 Å². The Balaban J connectivity index is 1.51. The second kappa shape index (κ2) is 6.77. The first-order valence-electron chi connectivity index (χ1n) is 8.81. The molecule has 5 rings (SSSR count). The van der Waals surface area contributed by atoms with E-state index in [1.165, 1.54) is 24.2 Å². The van der Waals surface area contributed by atoms with E-state index < -0.39 is 0 Å². The summed E-state index contributed by atoms with van der Waals surface area (Å²) in [5.74, 6) is 1.33. The van der Waals surface area contributed by atoms with Gasteiger partial charge in [0.2, 0.25) is 0 Å². The van der Waals surface area contributed by atoms with Crippen LogP contribution in [0.3, 0.4) is 0 Å². The Morgan fingerprint density at radius 3 is 2.80 bits per heavy atom. The molecule has 25 heavy (non-hydrogen) atoms. The fourth-order valence-corrected chi connectivity index (χ4v) is 4.96. The van der Waals surface area contributed by atoms with Crippen LogP contribution in [0.4, 0.5) is 0 Å². The van der Waals surface area contributed by atoms with Crippen LogP contribution in [-0.4, -0.2) is 48.1 Å². The molecule has 2 bridgehead atoms. The number of thiazole rings is 1. The molecule has 3 fully saturated rings. The lowest BCUT2D eigenvalue weighted by atomic mass is 9.79. The Morgan fingerprint density at radius 1 is 1.32 bits per heavy atom. The van der Waals surface area contributed by atoms with Gasteiger partial charge in [-0.2, -0.15) is 0 Å². The van der Waals surface area contributed by atoms with Gasteiger partial charge in [-0.25, -0.2) is 4.98 Å². The molecule has 1 amide bonds. The second-order valence-corrected chi connectivity index (χ2v) is 7.87. The highest BCUT2D eigenvalue weighted by molar-refractivity contribution is 7.17. The molecular weight excluding hydrogens is 334 g/mol. The van der Waals surface area contributed by atoms with Crippen molar-refractivity contribution in [3.05, 3.63) is 35.5 Å². The van der Waals surface area contributed by atoms with Crippen molar-refractivity contribution in [3.8, 4) is 16.2 Å². The first kappa shape index (κ1) is 16.5. The molecule has 5 nitrogen and oxygen atoms in total. The molecule has 0 radical (unpaired) electrons. The van der Waals surface area contributed by atoms with E-state index in [0.717, 1.165) is 29.3 Å². The first-order chi connectivity index (χ1) is 12.2. The van der Waals surface area contributed by atoms with Crippen molar-refractivity contribution in [2.75, 3.05) is 20.2 Å². The van der Waals surface area contributed by atoms with Crippen molar-refractivity contribution in [2.24, 2.45) is 5.92 Å². The number of carbonyl (C=O) groups is 1. The zero-order valence-corrected chi connectivity index (χ0v) is 15.4. The molecule has 0 saturated carbocycles. The fourth-order valence-electron chi connectivity index (χ4n) is 4.11. The average molecular weight is 357 g/mol. The number of rotatable bonds is 4. The highest BCUT2D eigenvalue weighted by Gasteiger charge is 2.40. The third-order valence-corrected chi connectivity index (χ3v) is 6.58. The van der Waals surface area contributed by atoms with Crippen molar-refractivity contribution in [1.82, 2.24) is 15.2 Å². The van der Waals surface area contributed by atoms with E-state index in [0.29, 0.717) is 17.0 Å². The number of nitrogens with one attached hydrogen (secondary N) is 1. The summed E-state index contributed by atoms with van der Waals surface area (Å²) in [5, 5.41) is 3.76. The summed E-state index contributed by atoms with van der Waals surface area (Å²) >= 11 is 1.42. The summed E-state index contributed by atoms with van der Waals surface area (Å²) in [6.07, 6.45) is 4.12. The summed E-state index contributed by atoms with van der Waals surface area (Å²) < 4.78 is 5.41. The van der Waals surface area contributed by atoms with Crippen molar-refractivity contribution in [2.45, 2.75) is 31.8 Å². The van der Waals surface area contributed by atoms with Gasteiger partial charge in [0.15, 0.2) is 5.01 Å². The molecule has 1 N–H and O–H groups in total. The predicted octanol–water partition coefficient (Wildman–Crippen LogP) is 3.03. The van der Waals surface area contributed by atoms with Gasteiger partial charge < -0.3 is 10.1 Å². The lowest BCUT2D eigenvalue weighted by molar-refractivity contribution is 0.0217. The summed E-state index contributed by atoms with van der Waals surface area (Å²) in [6.45, 7) is 4.54. The zero-order chi connectivity index (χ0) is 17.4. The van der Waals surface area contributed by atoms with E-state index in [1.54, 1.807) is 13.3 Å². The van der Waals surface area contributed by atoms with Gasteiger partial charge in [-0.15, -0.1) is 11.3 Å². The lowest BCUT2D eigenvalue weighted by Crippen LogP contribution is -2.62. The molecule has 2 aromatic rings. The van der Waals surface area contributed by atoms with Gasteiger partial charge in [0, 0.05) is 23.8 Å². The molecule has 6 heteroatoms. The number of aromatic nitrogens is 1. The molecule has 3 aliphatic rings. The summed E-state index contributed by atoms with van der Waals surface area (Å²) in [4.78, 5) is 20.5. The number of methoxy groups -OCH3 is 1. The van der Waals surface area contributed by atoms with Gasteiger partial charge in [-0.3, -0.25) is 9.69 Å². The molecule has 4 heterocycles. The Bertz CT molecular complexity index is 766. The maximum Gasteiger partial charge on any atom is 0.280 e. The maximum absolute atomic E-state index is 12.7. The Labute approximate surface area is 152 Å². The normalized spacial score (nSPS) is 27.9. The zero-order valence-electron chi connectivity index (χ0n) is 14.6. The topological polar surface area (TPSA) is 54.5 Å². The lowest BCUT2D eigenvalue weighted by Gasteiger charge is -2.49. The third kappa shape index (κ3) is 3.04. The minimum atomic E-state index is -0.0586. The molecule has 0 aliphatic carbocycles. The van der Waals surface area contributed by atoms with Crippen LogP contribution in [0.15, 0.2) is 30.5 Å². The number of fused-ring (bicyclic) bond motifs is 3. The number of para-hydroxylation sites is 1. The SMILES string of the molecule is COc1ccccc1-c1cnc(C(=O)N[C@@H]2C3CCN(CC3)[C@@H]2C)s1. The predicted molar refractivity (Wildman–Crippen MR) is 99.1 cm³/mol. The standard InChI is InChI=1S/C19H23N3O2S/c1-12-17(13-7-9-22(12)10-8-13)21-18(23)19-20-11-16(25-19)14-5-3-4-6-15(14)24-2/h3-6,11-13,17H,7-10H2,1-2H3,(H,21,23)/t12-,17+/m1/s1. The number of hydrogen-bond acceptors (Lipinski definition) is 5. The smallest absolute Gasteiger partial charge is 0.280 e. The van der Waals surface area contributed by atoms with Gasteiger partial charge in [-0.1, -0.05) is 12.1 Å². The van der Waals surface area contributed by atoms with Crippen LogP contribution in [0.1, 0.15) is 29.6 Å². The van der Waals surface area contributed by atoms with Gasteiger partial charge >= 0.3 is 0 Å². The molecule has 2 atom stereocenters. The minimum absolute atomic E-state index is 0.0586. The fraction of sp³-hybridized carbons (Fsp3) is 0.474. The Kier molecular flexibility index (Phi) is 4.48. The van der Waals surface area contributed by atoms with Crippen LogP contribution in [0, 0.1) is 5.92 Å². The molecule has 1 aromatic carbocycles. The van der Waals surface area contributed by atoms with Gasteiger partial charge in [0.05, 0.1) is 12.0 Å². The largest absolute Gasteiger partial charge is 0.496 e. The van der Waals surface area contributed by atoms with Crippen LogP contribution in [0.2, 0.25) is 0 Å². The van der Waals surface area contributed by atoms with Crippen LogP contribution < -0.4 is 10.1 Å². The van der Waals surface area contributed by atoms with E-state index in [1.807, 2.05) is 24.3 Å². The number of amides is 1. The maximum atomic E-state index is 12.7. The third-order valence-electron chi connectivity index (χ3n) is 5.55. The van der Waals surface area contributed by atoms with Gasteiger partial charge in [0.25, 0.3) is 5.91 Å². The van der Waals surface area contributed by atoms with Crippen molar-refractivity contribution in [1.29, 1.82) is 0 Å². The molecule has 3 aliphatic heterocycles. The molecule has 1 aromatic heterocycles. The first-order valence-corrected chi connectivity index (χ1v) is 9.63. The molecule has 0 unspecified atom stereocenters. The highest BCUT2D eigenvalue weighted by Crippen LogP contribution is 2.35. The van der Waals surface area contributed by atoms with E-state index in [9.17, 15) is 4.79 Å². The Hall–Kier alpha value is -1.92. The minimum Gasteiger partial charge on any atom is -0.496 e. The summed E-state index contributed by atoms with van der Waals surface area (Å²) in [6, 6.07) is 8.45. The number of nitrogens with zero attached hydrogens (tertiary/aromatic N) is 2. The molecule has 132 valence electrons. The monoisotopic (exact) mass is 357 g/mol. The number of ether oxygens (including phenoxy) is 1. The van der Waals surface area contributed by atoms with Crippen LogP contribution >= 0.6 is 11.3 Å². The molecular formula is C19H23N3O2S. The van der Waals surface area contributed by atoms with E-state index >= 15 is 0 Å². The summed E-state index contributed by atoms with van der Waals surface area (Å²) in [5.41, 5.74) is 0.970. The van der Waals surface area contributed by atoms with Gasteiger partial charge in [0.1, 0.15) is 5.75 Å². The van der Waals surface area contributed by atoms with E-state index in [4.69, 9.17) is 4.74 Å². The van der Waals surface area contributed by atoms with Gasteiger partial charge in [-0.05, 0) is 50.9 Å². The van der Waals surface area contributed by atoms with Crippen LogP contribution in [-0.2, 0) is 0 Å². The summed E-state index contributed by atoms with van der Waals surface area (Å²) in [7, 11) is 1.66. The number of carbonyl (C=O) groups excluding carboxylic acids is 1. The Morgan fingerprint density at radius 2 is 2.08 bits per heavy atom. The van der Waals surface area contributed by atoms with Crippen molar-refractivity contribution in [3.63, 3.8) is 0 Å². The molecule has 3 saturated heterocycles. The van der Waals surface area contributed by atoms with Crippen LogP contribution in [0.5, 0.6) is 5.75 Å². The quantitative estimate of drug-likeness (QED) is 0.914.